The summed E-state index contributed by atoms with van der Waals surface area (Å²) in [6.45, 7) is 0.702. The molecular weight excluding hydrogens is 240 g/mol. The van der Waals surface area contributed by atoms with Crippen molar-refractivity contribution >= 4 is 11.6 Å². The molecule has 0 fully saturated rings. The molecule has 1 rings (SSSR count). The molecule has 98 valence electrons. The van der Waals surface area contributed by atoms with E-state index in [1.54, 1.807) is 17.0 Å². The van der Waals surface area contributed by atoms with E-state index >= 15 is 0 Å². The number of carbonyl (C=O) groups is 1. The molecule has 0 radical (unpaired) electrons. The van der Waals surface area contributed by atoms with E-state index in [4.69, 9.17) is 16.3 Å². The molecule has 2 N–H and O–H groups in total. The van der Waals surface area contributed by atoms with Crippen LogP contribution in [0.4, 0.5) is 5.69 Å². The zero-order valence-electron chi connectivity index (χ0n) is 10.7. The van der Waals surface area contributed by atoms with Crippen molar-refractivity contribution < 1.29 is 4.79 Å². The third-order valence-corrected chi connectivity index (χ3v) is 2.74. The van der Waals surface area contributed by atoms with Crippen molar-refractivity contribution in [3.05, 3.63) is 29.8 Å². The maximum Gasteiger partial charge on any atom is 0.227 e. The molecule has 5 nitrogen and oxygen atoms in total. The van der Waals surface area contributed by atoms with Crippen LogP contribution in [0.5, 0.6) is 0 Å². The molecule has 5 heteroatoms. The van der Waals surface area contributed by atoms with Gasteiger partial charge >= 0.3 is 0 Å². The van der Waals surface area contributed by atoms with E-state index in [0.29, 0.717) is 18.8 Å². The predicted molar refractivity (Wildman–Crippen MR) is 71.6 cm³/mol. The Bertz CT molecular complexity index is 495. The summed E-state index contributed by atoms with van der Waals surface area (Å²) in [7, 11) is 0. The maximum absolute atomic E-state index is 12.1. The first-order chi connectivity index (χ1) is 9.19. The lowest BCUT2D eigenvalue weighted by Crippen LogP contribution is -2.34. The van der Waals surface area contributed by atoms with Crippen LogP contribution < -0.4 is 5.73 Å². The van der Waals surface area contributed by atoms with Crippen LogP contribution in [0.15, 0.2) is 24.3 Å². The lowest BCUT2D eigenvalue weighted by atomic mass is 10.1. The monoisotopic (exact) mass is 256 g/mol. The lowest BCUT2D eigenvalue weighted by molar-refractivity contribution is -0.130. The lowest BCUT2D eigenvalue weighted by Gasteiger charge is -2.20. The molecule has 1 aromatic carbocycles. The van der Waals surface area contributed by atoms with Gasteiger partial charge in [-0.2, -0.15) is 10.5 Å². The number of hydrogen-bond acceptors (Lipinski definition) is 4. The molecule has 0 saturated carbocycles. The Labute approximate surface area is 112 Å². The van der Waals surface area contributed by atoms with Gasteiger partial charge in [-0.25, -0.2) is 0 Å². The van der Waals surface area contributed by atoms with Crippen molar-refractivity contribution in [2.75, 3.05) is 18.8 Å². The Morgan fingerprint density at radius 3 is 2.26 bits per heavy atom. The third-order valence-electron chi connectivity index (χ3n) is 2.74. The second-order valence-corrected chi connectivity index (χ2v) is 4.07. The second kappa shape index (κ2) is 7.73. The summed E-state index contributed by atoms with van der Waals surface area (Å²) in [6, 6.07) is 11.2. The second-order valence-electron chi connectivity index (χ2n) is 4.07. The van der Waals surface area contributed by atoms with Crippen LogP contribution in [0.2, 0.25) is 0 Å². The van der Waals surface area contributed by atoms with Gasteiger partial charge in [0.15, 0.2) is 0 Å². The zero-order valence-corrected chi connectivity index (χ0v) is 10.7. The molecule has 1 aromatic rings. The van der Waals surface area contributed by atoms with Crippen LogP contribution >= 0.6 is 0 Å². The highest BCUT2D eigenvalue weighted by Gasteiger charge is 2.14. The Morgan fingerprint density at radius 2 is 1.74 bits per heavy atom. The Kier molecular flexibility index (Phi) is 5.91. The minimum atomic E-state index is -0.108. The van der Waals surface area contributed by atoms with Crippen molar-refractivity contribution in [2.45, 2.75) is 19.3 Å². The molecule has 0 spiro atoms. The molecular formula is C14H16N4O. The smallest absolute Gasteiger partial charge is 0.227 e. The molecule has 0 aliphatic carbocycles. The van der Waals surface area contributed by atoms with Gasteiger partial charge < -0.3 is 10.6 Å². The van der Waals surface area contributed by atoms with Gasteiger partial charge in [0.25, 0.3) is 0 Å². The van der Waals surface area contributed by atoms with Crippen molar-refractivity contribution in [2.24, 2.45) is 0 Å². The van der Waals surface area contributed by atoms with Crippen LogP contribution in [-0.2, 0) is 11.2 Å². The molecule has 1 amide bonds. The van der Waals surface area contributed by atoms with Gasteiger partial charge in [-0.3, -0.25) is 4.79 Å². The van der Waals surface area contributed by atoms with Crippen LogP contribution in [0, 0.1) is 22.7 Å². The van der Waals surface area contributed by atoms with Gasteiger partial charge in [0, 0.05) is 18.8 Å². The first-order valence-corrected chi connectivity index (χ1v) is 6.04. The zero-order chi connectivity index (χ0) is 14.1. The largest absolute Gasteiger partial charge is 0.398 e. The number of para-hydroxylation sites is 1. The maximum atomic E-state index is 12.1. The SMILES string of the molecule is N#CCCN(CCC#N)C(=O)Cc1ccccc1N. The van der Waals surface area contributed by atoms with Crippen molar-refractivity contribution in [1.29, 1.82) is 10.5 Å². The first-order valence-electron chi connectivity index (χ1n) is 6.04. The van der Waals surface area contributed by atoms with E-state index in [-0.39, 0.29) is 25.2 Å². The van der Waals surface area contributed by atoms with Crippen molar-refractivity contribution in [3.63, 3.8) is 0 Å². The van der Waals surface area contributed by atoms with E-state index in [0.717, 1.165) is 5.56 Å². The van der Waals surface area contributed by atoms with Crippen LogP contribution in [0.3, 0.4) is 0 Å². The van der Waals surface area contributed by atoms with Crippen LogP contribution in [-0.4, -0.2) is 23.9 Å². The van der Waals surface area contributed by atoms with Crippen molar-refractivity contribution in [1.82, 2.24) is 4.90 Å². The number of nitrogen functional groups attached to an aromatic ring is 1. The fourth-order valence-corrected chi connectivity index (χ4v) is 1.70. The van der Waals surface area contributed by atoms with Gasteiger partial charge in [0.1, 0.15) is 0 Å². The standard InChI is InChI=1S/C14H16N4O/c15-7-3-9-18(10-4-8-16)14(19)11-12-5-1-2-6-13(12)17/h1-2,5-6H,3-4,9-11,17H2. The summed E-state index contributed by atoms with van der Waals surface area (Å²) >= 11 is 0. The number of amides is 1. The van der Waals surface area contributed by atoms with E-state index in [1.807, 2.05) is 24.3 Å². The molecule has 19 heavy (non-hydrogen) atoms. The van der Waals surface area contributed by atoms with E-state index < -0.39 is 0 Å². The Hall–Kier alpha value is -2.53. The fraction of sp³-hybridized carbons (Fsp3) is 0.357. The van der Waals surface area contributed by atoms with E-state index in [1.165, 1.54) is 0 Å². The molecule has 0 saturated heterocycles. The average Bonchev–Trinajstić information content (AvgIpc) is 2.41. The molecule has 0 aliphatic heterocycles. The Morgan fingerprint density at radius 1 is 1.16 bits per heavy atom. The number of carbonyl (C=O) groups excluding carboxylic acids is 1. The van der Waals surface area contributed by atoms with Gasteiger partial charge in [-0.05, 0) is 11.6 Å². The average molecular weight is 256 g/mol. The molecule has 0 heterocycles. The van der Waals surface area contributed by atoms with E-state index in [2.05, 4.69) is 0 Å². The number of anilines is 1. The number of nitriles is 2. The van der Waals surface area contributed by atoms with Gasteiger partial charge in [0.2, 0.25) is 5.91 Å². The van der Waals surface area contributed by atoms with Gasteiger partial charge in [-0.15, -0.1) is 0 Å². The van der Waals surface area contributed by atoms with E-state index in [9.17, 15) is 4.79 Å². The molecule has 0 bridgehead atoms. The highest BCUT2D eigenvalue weighted by atomic mass is 16.2. The summed E-state index contributed by atoms with van der Waals surface area (Å²) in [4.78, 5) is 13.7. The number of benzene rings is 1. The predicted octanol–water partition coefficient (Wildman–Crippen LogP) is 1.47. The molecule has 0 aromatic heterocycles. The van der Waals surface area contributed by atoms with Crippen molar-refractivity contribution in [3.8, 4) is 12.1 Å². The summed E-state index contributed by atoms with van der Waals surface area (Å²) in [5.41, 5.74) is 7.14. The molecule has 0 unspecified atom stereocenters. The fourth-order valence-electron chi connectivity index (χ4n) is 1.70. The van der Waals surface area contributed by atoms with Crippen LogP contribution in [0.25, 0.3) is 0 Å². The topological polar surface area (TPSA) is 93.9 Å². The summed E-state index contributed by atoms with van der Waals surface area (Å²) in [5.74, 6) is -0.108. The van der Waals surface area contributed by atoms with Crippen LogP contribution in [0.1, 0.15) is 18.4 Å². The molecule has 0 atom stereocenters. The minimum absolute atomic E-state index is 0.108. The van der Waals surface area contributed by atoms with Gasteiger partial charge in [-0.1, -0.05) is 18.2 Å². The van der Waals surface area contributed by atoms with Gasteiger partial charge in [0.05, 0.1) is 31.4 Å². The first kappa shape index (κ1) is 14.5. The quantitative estimate of drug-likeness (QED) is 0.780. The summed E-state index contributed by atoms with van der Waals surface area (Å²) in [5, 5.41) is 17.2. The minimum Gasteiger partial charge on any atom is -0.398 e. The number of nitrogens with two attached hydrogens (primary N) is 1. The summed E-state index contributed by atoms with van der Waals surface area (Å²) < 4.78 is 0. The highest BCUT2D eigenvalue weighted by Crippen LogP contribution is 2.12. The number of rotatable bonds is 6. The third kappa shape index (κ3) is 4.69. The molecule has 0 aliphatic rings. The normalized spacial score (nSPS) is 9.37. The summed E-state index contributed by atoms with van der Waals surface area (Å²) in [6.07, 6.45) is 0.729. The Balaban J connectivity index is 2.69. The number of hydrogen-bond donors (Lipinski definition) is 1. The number of nitrogens with zero attached hydrogens (tertiary/aromatic N) is 3. The highest BCUT2D eigenvalue weighted by molar-refractivity contribution is 5.80.